The molecule has 0 unspecified atom stereocenters. The molecule has 0 radical (unpaired) electrons. The molecule has 23 heavy (non-hydrogen) atoms. The van der Waals surface area contributed by atoms with Gasteiger partial charge in [0.25, 0.3) is 5.91 Å². The van der Waals surface area contributed by atoms with E-state index < -0.39 is 21.8 Å². The SMILES string of the molecule is CCCOC(=O)N1CCCN1C(=O)c1ccccc1S(C)(=O)=O. The van der Waals surface area contributed by atoms with Gasteiger partial charge in [-0.25, -0.2) is 23.2 Å². The van der Waals surface area contributed by atoms with Crippen LogP contribution in [0.5, 0.6) is 0 Å². The molecule has 1 aromatic carbocycles. The van der Waals surface area contributed by atoms with Crippen LogP contribution >= 0.6 is 0 Å². The number of nitrogens with zero attached hydrogens (tertiary/aromatic N) is 2. The van der Waals surface area contributed by atoms with Crippen LogP contribution in [0.2, 0.25) is 0 Å². The molecule has 2 rings (SSSR count). The van der Waals surface area contributed by atoms with E-state index in [9.17, 15) is 18.0 Å². The lowest BCUT2D eigenvalue weighted by atomic mass is 10.2. The van der Waals surface area contributed by atoms with E-state index in [4.69, 9.17) is 4.74 Å². The molecule has 0 bridgehead atoms. The summed E-state index contributed by atoms with van der Waals surface area (Å²) in [5.74, 6) is -0.517. The number of carbonyl (C=O) groups is 2. The Morgan fingerprint density at radius 3 is 2.48 bits per heavy atom. The van der Waals surface area contributed by atoms with Crippen molar-refractivity contribution >= 4 is 21.8 Å². The number of sulfone groups is 1. The molecule has 1 aliphatic heterocycles. The average molecular weight is 340 g/mol. The van der Waals surface area contributed by atoms with E-state index in [2.05, 4.69) is 0 Å². The van der Waals surface area contributed by atoms with Crippen LogP contribution in [0.25, 0.3) is 0 Å². The number of amides is 2. The molecule has 126 valence electrons. The van der Waals surface area contributed by atoms with Gasteiger partial charge >= 0.3 is 6.09 Å². The first-order valence-electron chi connectivity index (χ1n) is 7.41. The van der Waals surface area contributed by atoms with Crippen molar-refractivity contribution in [2.45, 2.75) is 24.7 Å². The number of benzene rings is 1. The lowest BCUT2D eigenvalue weighted by Crippen LogP contribution is -2.45. The van der Waals surface area contributed by atoms with Crippen molar-refractivity contribution in [1.82, 2.24) is 10.0 Å². The fraction of sp³-hybridized carbons (Fsp3) is 0.467. The third-order valence-electron chi connectivity index (χ3n) is 3.42. The number of hydrazine groups is 1. The highest BCUT2D eigenvalue weighted by Gasteiger charge is 2.34. The number of carbonyl (C=O) groups excluding carboxylic acids is 2. The Kier molecular flexibility index (Phi) is 5.25. The third-order valence-corrected chi connectivity index (χ3v) is 4.58. The van der Waals surface area contributed by atoms with Crippen molar-refractivity contribution in [2.24, 2.45) is 0 Å². The molecule has 0 saturated carbocycles. The number of hydrogen-bond donors (Lipinski definition) is 0. The predicted molar refractivity (Wildman–Crippen MR) is 83.6 cm³/mol. The smallest absolute Gasteiger partial charge is 0.428 e. The molecule has 1 saturated heterocycles. The topological polar surface area (TPSA) is 84.0 Å². The minimum Gasteiger partial charge on any atom is -0.448 e. The first-order valence-corrected chi connectivity index (χ1v) is 9.30. The Bertz CT molecular complexity index is 702. The molecule has 0 atom stereocenters. The van der Waals surface area contributed by atoms with Crippen molar-refractivity contribution in [3.63, 3.8) is 0 Å². The fourth-order valence-electron chi connectivity index (χ4n) is 2.38. The van der Waals surface area contributed by atoms with E-state index >= 15 is 0 Å². The van der Waals surface area contributed by atoms with Crippen LogP contribution in [0.1, 0.15) is 30.1 Å². The van der Waals surface area contributed by atoms with E-state index in [1.807, 2.05) is 6.92 Å². The highest BCUT2D eigenvalue weighted by Crippen LogP contribution is 2.21. The molecule has 0 N–H and O–H groups in total. The first-order chi connectivity index (χ1) is 10.9. The summed E-state index contributed by atoms with van der Waals surface area (Å²) in [4.78, 5) is 24.7. The molecule has 0 spiro atoms. The molecule has 7 nitrogen and oxygen atoms in total. The standard InChI is InChI=1S/C15H20N2O5S/c1-3-11-22-15(19)17-10-6-9-16(17)14(18)12-7-4-5-8-13(12)23(2,20)21/h4-5,7-8H,3,6,9-11H2,1-2H3. The lowest BCUT2D eigenvalue weighted by Gasteiger charge is -2.27. The van der Waals surface area contributed by atoms with Gasteiger partial charge in [-0.15, -0.1) is 0 Å². The largest absolute Gasteiger partial charge is 0.448 e. The van der Waals surface area contributed by atoms with Gasteiger partial charge < -0.3 is 4.74 Å². The Morgan fingerprint density at radius 2 is 1.83 bits per heavy atom. The van der Waals surface area contributed by atoms with E-state index in [-0.39, 0.29) is 17.1 Å². The Labute approximate surface area is 135 Å². The van der Waals surface area contributed by atoms with Crippen LogP contribution in [-0.4, -0.2) is 56.4 Å². The predicted octanol–water partition coefficient (Wildman–Crippen LogP) is 1.70. The maximum absolute atomic E-state index is 12.7. The maximum atomic E-state index is 12.7. The van der Waals surface area contributed by atoms with Gasteiger partial charge in [-0.05, 0) is 25.0 Å². The Morgan fingerprint density at radius 1 is 1.17 bits per heavy atom. The highest BCUT2D eigenvalue weighted by atomic mass is 32.2. The summed E-state index contributed by atoms with van der Waals surface area (Å²) < 4.78 is 28.8. The third kappa shape index (κ3) is 3.82. The zero-order valence-corrected chi connectivity index (χ0v) is 14.0. The van der Waals surface area contributed by atoms with Crippen molar-refractivity contribution in [1.29, 1.82) is 0 Å². The van der Waals surface area contributed by atoms with Gasteiger partial charge in [0.05, 0.1) is 17.1 Å². The summed E-state index contributed by atoms with van der Waals surface area (Å²) >= 11 is 0. The van der Waals surface area contributed by atoms with Crippen molar-refractivity contribution < 1.29 is 22.7 Å². The lowest BCUT2D eigenvalue weighted by molar-refractivity contribution is 0.0131. The summed E-state index contributed by atoms with van der Waals surface area (Å²) in [6.07, 6.45) is 1.77. The summed E-state index contributed by atoms with van der Waals surface area (Å²) in [5.41, 5.74) is 0.0604. The number of ether oxygens (including phenoxy) is 1. The van der Waals surface area contributed by atoms with Gasteiger partial charge in [0.15, 0.2) is 9.84 Å². The maximum Gasteiger partial charge on any atom is 0.428 e. The average Bonchev–Trinajstić information content (AvgIpc) is 3.00. The summed E-state index contributed by atoms with van der Waals surface area (Å²) in [5, 5.41) is 2.49. The van der Waals surface area contributed by atoms with Crippen LogP contribution < -0.4 is 0 Å². The van der Waals surface area contributed by atoms with Gasteiger partial charge in [0, 0.05) is 19.3 Å². The second-order valence-electron chi connectivity index (χ2n) is 5.29. The summed E-state index contributed by atoms with van der Waals surface area (Å²) in [7, 11) is -3.54. The Balaban J connectivity index is 2.28. The molecule has 0 aliphatic carbocycles. The molecule has 8 heteroatoms. The van der Waals surface area contributed by atoms with Gasteiger partial charge in [-0.3, -0.25) is 4.79 Å². The van der Waals surface area contributed by atoms with E-state index in [1.54, 1.807) is 12.1 Å². The van der Waals surface area contributed by atoms with Gasteiger partial charge in [-0.1, -0.05) is 19.1 Å². The van der Waals surface area contributed by atoms with Crippen LogP contribution in [0.3, 0.4) is 0 Å². The second kappa shape index (κ2) is 6.99. The summed E-state index contributed by atoms with van der Waals surface area (Å²) in [6.45, 7) is 2.87. The molecule has 0 aromatic heterocycles. The van der Waals surface area contributed by atoms with E-state index in [0.717, 1.165) is 6.26 Å². The van der Waals surface area contributed by atoms with Crippen molar-refractivity contribution in [3.8, 4) is 0 Å². The first kappa shape index (κ1) is 17.3. The zero-order chi connectivity index (χ0) is 17.0. The minimum atomic E-state index is -3.54. The van der Waals surface area contributed by atoms with E-state index in [1.165, 1.54) is 22.2 Å². The second-order valence-corrected chi connectivity index (χ2v) is 7.27. The number of rotatable bonds is 4. The molecule has 1 heterocycles. The minimum absolute atomic E-state index is 0.0428. The molecule has 1 aromatic rings. The van der Waals surface area contributed by atoms with E-state index in [0.29, 0.717) is 25.9 Å². The van der Waals surface area contributed by atoms with Gasteiger partial charge in [-0.2, -0.15) is 0 Å². The zero-order valence-electron chi connectivity index (χ0n) is 13.2. The highest BCUT2D eigenvalue weighted by molar-refractivity contribution is 7.90. The van der Waals surface area contributed by atoms with Crippen LogP contribution in [0.15, 0.2) is 29.2 Å². The van der Waals surface area contributed by atoms with Gasteiger partial charge in [0.1, 0.15) is 0 Å². The van der Waals surface area contributed by atoms with Crippen molar-refractivity contribution in [2.75, 3.05) is 26.0 Å². The van der Waals surface area contributed by atoms with Gasteiger partial charge in [0.2, 0.25) is 0 Å². The molecular weight excluding hydrogens is 320 g/mol. The Hall–Kier alpha value is -2.09. The van der Waals surface area contributed by atoms with Crippen LogP contribution in [-0.2, 0) is 14.6 Å². The molecule has 1 aliphatic rings. The fourth-order valence-corrected chi connectivity index (χ4v) is 3.26. The monoisotopic (exact) mass is 340 g/mol. The quantitative estimate of drug-likeness (QED) is 0.833. The molecular formula is C15H20N2O5S. The summed E-state index contributed by atoms with van der Waals surface area (Å²) in [6, 6.07) is 5.99. The normalized spacial score (nSPS) is 14.9. The molecule has 1 fully saturated rings. The van der Waals surface area contributed by atoms with Crippen molar-refractivity contribution in [3.05, 3.63) is 29.8 Å². The van der Waals surface area contributed by atoms with Crippen LogP contribution in [0.4, 0.5) is 4.79 Å². The molecule has 2 amide bonds. The van der Waals surface area contributed by atoms with Crippen LogP contribution in [0, 0.1) is 0 Å². The number of hydrogen-bond acceptors (Lipinski definition) is 5.